The van der Waals surface area contributed by atoms with Crippen molar-refractivity contribution >= 4 is 15.9 Å². The first-order valence-electron chi connectivity index (χ1n) is 3.93. The van der Waals surface area contributed by atoms with Crippen molar-refractivity contribution in [1.82, 2.24) is 0 Å². The van der Waals surface area contributed by atoms with E-state index in [1.807, 2.05) is 0 Å². The molecule has 9 heavy (non-hydrogen) atoms. The molecule has 2 aliphatic rings. The zero-order valence-corrected chi connectivity index (χ0v) is 7.28. The number of rotatable bonds is 2. The van der Waals surface area contributed by atoms with E-state index < -0.39 is 0 Å². The van der Waals surface area contributed by atoms with Crippen LogP contribution in [0.15, 0.2) is 0 Å². The zero-order valence-electron chi connectivity index (χ0n) is 5.70. The summed E-state index contributed by atoms with van der Waals surface area (Å²) in [6.07, 6.45) is 7.54. The molecule has 0 aliphatic heterocycles. The van der Waals surface area contributed by atoms with Gasteiger partial charge in [0.05, 0.1) is 0 Å². The highest BCUT2D eigenvalue weighted by molar-refractivity contribution is 9.09. The molecule has 2 rings (SSSR count). The molecule has 0 N–H and O–H groups in total. The summed E-state index contributed by atoms with van der Waals surface area (Å²) in [5, 5.41) is 1.27. The maximum Gasteiger partial charge on any atom is 0.00906 e. The first-order valence-corrected chi connectivity index (χ1v) is 5.05. The van der Waals surface area contributed by atoms with Gasteiger partial charge in [-0.3, -0.25) is 0 Å². The molecule has 0 heterocycles. The van der Waals surface area contributed by atoms with Gasteiger partial charge in [-0.05, 0) is 37.0 Å². The smallest absolute Gasteiger partial charge is 0.00906 e. The maximum atomic E-state index is 3.61. The average Bonchev–Trinajstić information content (AvgIpc) is 2.44. The summed E-state index contributed by atoms with van der Waals surface area (Å²) in [7, 11) is 0. The highest BCUT2D eigenvalue weighted by Gasteiger charge is 2.49. The monoisotopic (exact) mass is 188 g/mol. The Balaban J connectivity index is 1.94. The summed E-state index contributed by atoms with van der Waals surface area (Å²) < 4.78 is 0. The molecule has 0 amide bonds. The molecule has 1 heteroatoms. The highest BCUT2D eigenvalue weighted by Crippen LogP contribution is 2.59. The molecule has 0 unspecified atom stereocenters. The third-order valence-electron chi connectivity index (χ3n) is 3.13. The van der Waals surface area contributed by atoms with Gasteiger partial charge in [0.25, 0.3) is 0 Å². The van der Waals surface area contributed by atoms with Gasteiger partial charge in [-0.2, -0.15) is 0 Å². The summed E-state index contributed by atoms with van der Waals surface area (Å²) in [5.74, 6) is 1.11. The fourth-order valence-electron chi connectivity index (χ4n) is 1.83. The lowest BCUT2D eigenvalue weighted by atomic mass is 9.74. The summed E-state index contributed by atoms with van der Waals surface area (Å²) >= 11 is 3.61. The van der Waals surface area contributed by atoms with Crippen molar-refractivity contribution in [2.45, 2.75) is 32.1 Å². The van der Waals surface area contributed by atoms with E-state index in [2.05, 4.69) is 15.9 Å². The van der Waals surface area contributed by atoms with Crippen molar-refractivity contribution < 1.29 is 0 Å². The van der Waals surface area contributed by atoms with Crippen LogP contribution >= 0.6 is 15.9 Å². The molecule has 2 aliphatic carbocycles. The minimum Gasteiger partial charge on any atom is -0.0922 e. The maximum absolute atomic E-state index is 3.61. The molecule has 0 spiro atoms. The molecular formula is C8H13Br. The van der Waals surface area contributed by atoms with Gasteiger partial charge in [0.2, 0.25) is 0 Å². The van der Waals surface area contributed by atoms with Crippen LogP contribution in [0.4, 0.5) is 0 Å². The minimum atomic E-state index is 0.804. The number of alkyl halides is 1. The van der Waals surface area contributed by atoms with Gasteiger partial charge in [0.15, 0.2) is 0 Å². The van der Waals surface area contributed by atoms with Crippen LogP contribution in [0.5, 0.6) is 0 Å². The SMILES string of the molecule is BrCC1(C2CCC2)CC1. The summed E-state index contributed by atoms with van der Waals surface area (Å²) in [6.45, 7) is 0. The molecule has 0 atom stereocenters. The van der Waals surface area contributed by atoms with Crippen molar-refractivity contribution in [1.29, 1.82) is 0 Å². The van der Waals surface area contributed by atoms with Gasteiger partial charge in [-0.25, -0.2) is 0 Å². The van der Waals surface area contributed by atoms with Crippen molar-refractivity contribution in [3.05, 3.63) is 0 Å². The van der Waals surface area contributed by atoms with Crippen LogP contribution in [0.25, 0.3) is 0 Å². The molecule has 0 bridgehead atoms. The fourth-order valence-corrected chi connectivity index (χ4v) is 2.85. The Bertz CT molecular complexity index is 112. The Hall–Kier alpha value is 0.480. The molecule has 2 fully saturated rings. The lowest BCUT2D eigenvalue weighted by molar-refractivity contribution is 0.207. The van der Waals surface area contributed by atoms with E-state index in [1.54, 1.807) is 0 Å². The van der Waals surface area contributed by atoms with Gasteiger partial charge in [0.1, 0.15) is 0 Å². The lowest BCUT2D eigenvalue weighted by Crippen LogP contribution is -2.24. The quantitative estimate of drug-likeness (QED) is 0.586. The Morgan fingerprint density at radius 2 is 2.00 bits per heavy atom. The van der Waals surface area contributed by atoms with Gasteiger partial charge in [0, 0.05) is 5.33 Å². The fraction of sp³-hybridized carbons (Fsp3) is 1.00. The molecule has 0 saturated heterocycles. The zero-order chi connectivity index (χ0) is 6.32. The second-order valence-electron chi connectivity index (χ2n) is 3.62. The average molecular weight is 189 g/mol. The summed E-state index contributed by atoms with van der Waals surface area (Å²) in [5.41, 5.74) is 0.804. The van der Waals surface area contributed by atoms with Crippen molar-refractivity contribution in [3.63, 3.8) is 0 Å². The molecule has 0 radical (unpaired) electrons. The van der Waals surface area contributed by atoms with Gasteiger partial charge in [-0.1, -0.05) is 22.4 Å². The van der Waals surface area contributed by atoms with Crippen LogP contribution in [0.3, 0.4) is 0 Å². The first-order chi connectivity index (χ1) is 4.37. The van der Waals surface area contributed by atoms with Crippen LogP contribution in [-0.4, -0.2) is 5.33 Å². The predicted molar refractivity (Wildman–Crippen MR) is 42.8 cm³/mol. The summed E-state index contributed by atoms with van der Waals surface area (Å²) in [4.78, 5) is 0. The van der Waals surface area contributed by atoms with Crippen LogP contribution in [-0.2, 0) is 0 Å². The van der Waals surface area contributed by atoms with E-state index >= 15 is 0 Å². The van der Waals surface area contributed by atoms with Gasteiger partial charge >= 0.3 is 0 Å². The van der Waals surface area contributed by atoms with Gasteiger partial charge < -0.3 is 0 Å². The Labute approximate surface area is 65.1 Å². The van der Waals surface area contributed by atoms with E-state index in [-0.39, 0.29) is 0 Å². The van der Waals surface area contributed by atoms with Crippen LogP contribution in [0.1, 0.15) is 32.1 Å². The van der Waals surface area contributed by atoms with Gasteiger partial charge in [-0.15, -0.1) is 0 Å². The Kier molecular flexibility index (Phi) is 1.37. The molecule has 0 nitrogen and oxygen atoms in total. The summed E-state index contributed by atoms with van der Waals surface area (Å²) in [6, 6.07) is 0. The van der Waals surface area contributed by atoms with E-state index in [0.717, 1.165) is 11.3 Å². The molecular weight excluding hydrogens is 176 g/mol. The van der Waals surface area contributed by atoms with E-state index in [4.69, 9.17) is 0 Å². The standard InChI is InChI=1S/C8H13Br/c9-6-8(4-5-8)7-2-1-3-7/h7H,1-6H2. The predicted octanol–water partition coefficient (Wildman–Crippen LogP) is 2.96. The Morgan fingerprint density at radius 1 is 1.33 bits per heavy atom. The highest BCUT2D eigenvalue weighted by atomic mass is 79.9. The third-order valence-corrected chi connectivity index (χ3v) is 4.25. The molecule has 0 aromatic rings. The Morgan fingerprint density at radius 3 is 2.11 bits per heavy atom. The first kappa shape index (κ1) is 6.21. The second-order valence-corrected chi connectivity index (χ2v) is 4.18. The third kappa shape index (κ3) is 0.849. The molecule has 52 valence electrons. The second kappa shape index (κ2) is 1.98. The number of hydrogen-bond donors (Lipinski definition) is 0. The lowest BCUT2D eigenvalue weighted by Gasteiger charge is -2.32. The molecule has 0 aromatic heterocycles. The number of halogens is 1. The largest absolute Gasteiger partial charge is 0.0922 e. The topological polar surface area (TPSA) is 0 Å². The van der Waals surface area contributed by atoms with E-state index in [9.17, 15) is 0 Å². The normalized spacial score (nSPS) is 31.7. The van der Waals surface area contributed by atoms with Crippen molar-refractivity contribution in [2.75, 3.05) is 5.33 Å². The van der Waals surface area contributed by atoms with Crippen LogP contribution in [0, 0.1) is 11.3 Å². The number of hydrogen-bond acceptors (Lipinski definition) is 0. The molecule has 2 saturated carbocycles. The van der Waals surface area contributed by atoms with Crippen LogP contribution < -0.4 is 0 Å². The minimum absolute atomic E-state index is 0.804. The van der Waals surface area contributed by atoms with E-state index in [0.29, 0.717) is 0 Å². The molecule has 0 aromatic carbocycles. The van der Waals surface area contributed by atoms with E-state index in [1.165, 1.54) is 37.4 Å². The van der Waals surface area contributed by atoms with Crippen LogP contribution in [0.2, 0.25) is 0 Å². The van der Waals surface area contributed by atoms with Crippen molar-refractivity contribution in [2.24, 2.45) is 11.3 Å². The van der Waals surface area contributed by atoms with Crippen molar-refractivity contribution in [3.8, 4) is 0 Å².